The van der Waals surface area contributed by atoms with E-state index in [1.165, 1.54) is 0 Å². The summed E-state index contributed by atoms with van der Waals surface area (Å²) in [5.74, 6) is 0.686. The van der Waals surface area contributed by atoms with Crippen LogP contribution in [0.25, 0.3) is 22.6 Å². The van der Waals surface area contributed by atoms with Crippen molar-refractivity contribution < 1.29 is 4.63 Å². The number of anilines is 1. The van der Waals surface area contributed by atoms with Crippen LogP contribution in [0, 0.1) is 0 Å². The zero-order chi connectivity index (χ0) is 13.4. The highest BCUT2D eigenvalue weighted by Crippen LogP contribution is 2.26. The Morgan fingerprint density at radius 1 is 1.37 bits per heavy atom. The number of nitrogens with two attached hydrogens (primary N) is 2. The van der Waals surface area contributed by atoms with E-state index in [1.807, 2.05) is 18.2 Å². The first-order chi connectivity index (χ1) is 9.20. The van der Waals surface area contributed by atoms with Crippen LogP contribution in [0.1, 0.15) is 11.6 Å². The Hall–Kier alpha value is -2.67. The third kappa shape index (κ3) is 1.76. The lowest BCUT2D eigenvalue weighted by molar-refractivity contribution is 0.310. The number of benzene rings is 1. The van der Waals surface area contributed by atoms with Crippen LogP contribution in [0.4, 0.5) is 5.82 Å². The lowest BCUT2D eigenvalue weighted by Crippen LogP contribution is -2.06. The third-order valence-corrected chi connectivity index (χ3v) is 2.90. The maximum absolute atomic E-state index is 5.98. The fourth-order valence-electron chi connectivity index (χ4n) is 1.92. The summed E-state index contributed by atoms with van der Waals surface area (Å²) in [7, 11) is 0. The molecule has 0 radical (unpaired) electrons. The first-order valence-electron chi connectivity index (χ1n) is 5.66. The molecule has 2 aromatic heterocycles. The van der Waals surface area contributed by atoms with Crippen LogP contribution in [0.2, 0.25) is 0 Å². The zero-order valence-electron chi connectivity index (χ0n) is 10.00. The van der Waals surface area contributed by atoms with Gasteiger partial charge in [0.15, 0.2) is 17.3 Å². The van der Waals surface area contributed by atoms with Gasteiger partial charge in [-0.05, 0) is 16.4 Å². The zero-order valence-corrected chi connectivity index (χ0v) is 10.00. The molecule has 1 aromatic carbocycles. The summed E-state index contributed by atoms with van der Waals surface area (Å²) in [6, 6.07) is 5.42. The lowest BCUT2D eigenvalue weighted by atomic mass is 10.1. The summed E-state index contributed by atoms with van der Waals surface area (Å²) in [4.78, 5) is 7.57. The molecule has 0 fully saturated rings. The molecule has 96 valence electrons. The molecule has 0 aliphatic carbocycles. The van der Waals surface area contributed by atoms with Crippen LogP contribution in [-0.4, -0.2) is 20.3 Å². The first kappa shape index (κ1) is 11.4. The maximum atomic E-state index is 5.98. The largest absolute Gasteiger partial charge is 0.379 e. The predicted octanol–water partition coefficient (Wildman–Crippen LogP) is 1.38. The molecule has 0 aliphatic heterocycles. The average molecular weight is 256 g/mol. The van der Waals surface area contributed by atoms with Crippen molar-refractivity contribution in [3.63, 3.8) is 0 Å². The lowest BCUT2D eigenvalue weighted by Gasteiger charge is -2.06. The number of aromatic amines is 1. The number of nitrogen functional groups attached to an aromatic ring is 1. The standard InChI is InChI=1S/C12H12N6O/c1-2-7(13)6-4-3-5-8-9(6)16-12(15-8)10-11(14)18-19-17-10/h2-5,7H,1,13H2,(H2,14,18)(H,15,16). The Balaban J connectivity index is 2.21. The predicted molar refractivity (Wildman–Crippen MR) is 70.9 cm³/mol. The molecule has 1 atom stereocenters. The highest BCUT2D eigenvalue weighted by molar-refractivity contribution is 5.83. The van der Waals surface area contributed by atoms with Gasteiger partial charge in [-0.3, -0.25) is 0 Å². The monoisotopic (exact) mass is 256 g/mol. The molecule has 0 bridgehead atoms. The average Bonchev–Trinajstić information content (AvgIpc) is 3.02. The molecule has 19 heavy (non-hydrogen) atoms. The molecule has 2 heterocycles. The van der Waals surface area contributed by atoms with E-state index in [2.05, 4.69) is 31.5 Å². The van der Waals surface area contributed by atoms with Crippen molar-refractivity contribution in [3.05, 3.63) is 36.4 Å². The van der Waals surface area contributed by atoms with E-state index in [4.69, 9.17) is 11.5 Å². The molecular formula is C12H12N6O. The van der Waals surface area contributed by atoms with Gasteiger partial charge in [0.2, 0.25) is 0 Å². The number of aromatic nitrogens is 4. The van der Waals surface area contributed by atoms with Crippen LogP contribution >= 0.6 is 0 Å². The van der Waals surface area contributed by atoms with Gasteiger partial charge in [-0.15, -0.1) is 6.58 Å². The molecule has 0 spiro atoms. The van der Waals surface area contributed by atoms with Crippen molar-refractivity contribution in [1.82, 2.24) is 20.3 Å². The highest BCUT2D eigenvalue weighted by Gasteiger charge is 2.16. The molecule has 7 nitrogen and oxygen atoms in total. The number of imidazole rings is 1. The van der Waals surface area contributed by atoms with Gasteiger partial charge in [-0.25, -0.2) is 9.61 Å². The molecule has 0 amide bonds. The minimum atomic E-state index is -0.285. The second-order valence-electron chi connectivity index (χ2n) is 4.09. The van der Waals surface area contributed by atoms with Crippen molar-refractivity contribution in [2.24, 2.45) is 5.73 Å². The van der Waals surface area contributed by atoms with Crippen LogP contribution in [0.3, 0.4) is 0 Å². The Morgan fingerprint density at radius 2 is 2.21 bits per heavy atom. The molecule has 3 rings (SSSR count). The van der Waals surface area contributed by atoms with Gasteiger partial charge in [0.1, 0.15) is 0 Å². The number of hydrogen-bond donors (Lipinski definition) is 3. The summed E-state index contributed by atoms with van der Waals surface area (Å²) >= 11 is 0. The van der Waals surface area contributed by atoms with Crippen LogP contribution in [-0.2, 0) is 0 Å². The van der Waals surface area contributed by atoms with E-state index >= 15 is 0 Å². The van der Waals surface area contributed by atoms with E-state index in [9.17, 15) is 0 Å². The Labute approximate surface area is 108 Å². The second kappa shape index (κ2) is 4.21. The SMILES string of the molecule is C=CC(N)c1cccc2[nH]c(-c3nonc3N)nc12. The Morgan fingerprint density at radius 3 is 2.89 bits per heavy atom. The van der Waals surface area contributed by atoms with Crippen molar-refractivity contribution in [2.45, 2.75) is 6.04 Å². The number of fused-ring (bicyclic) bond motifs is 1. The van der Waals surface area contributed by atoms with Crippen LogP contribution in [0.15, 0.2) is 35.5 Å². The summed E-state index contributed by atoms with van der Waals surface area (Å²) < 4.78 is 4.57. The van der Waals surface area contributed by atoms with Gasteiger partial charge >= 0.3 is 0 Å². The first-order valence-corrected chi connectivity index (χ1v) is 5.66. The van der Waals surface area contributed by atoms with Gasteiger partial charge in [-0.1, -0.05) is 18.2 Å². The molecule has 3 aromatic rings. The molecule has 5 N–H and O–H groups in total. The highest BCUT2D eigenvalue weighted by atomic mass is 16.6. The number of rotatable bonds is 3. The summed E-state index contributed by atoms with van der Waals surface area (Å²) in [6.45, 7) is 3.69. The quantitative estimate of drug-likeness (QED) is 0.609. The van der Waals surface area contributed by atoms with Gasteiger partial charge in [-0.2, -0.15) is 0 Å². The van der Waals surface area contributed by atoms with Crippen molar-refractivity contribution in [1.29, 1.82) is 0 Å². The second-order valence-corrected chi connectivity index (χ2v) is 4.09. The van der Waals surface area contributed by atoms with E-state index < -0.39 is 0 Å². The molecular weight excluding hydrogens is 244 g/mol. The molecule has 0 saturated heterocycles. The van der Waals surface area contributed by atoms with Gasteiger partial charge in [0, 0.05) is 5.56 Å². The van der Waals surface area contributed by atoms with Crippen molar-refractivity contribution in [2.75, 3.05) is 5.73 Å². The van der Waals surface area contributed by atoms with Crippen molar-refractivity contribution >= 4 is 16.9 Å². The van der Waals surface area contributed by atoms with Crippen LogP contribution < -0.4 is 11.5 Å². The number of hydrogen-bond acceptors (Lipinski definition) is 6. The minimum Gasteiger partial charge on any atom is -0.379 e. The molecule has 1 unspecified atom stereocenters. The van der Waals surface area contributed by atoms with E-state index in [0.717, 1.165) is 16.6 Å². The summed E-state index contributed by atoms with van der Waals surface area (Å²) in [5.41, 5.74) is 14.5. The van der Waals surface area contributed by atoms with Gasteiger partial charge in [0.05, 0.1) is 17.1 Å². The molecule has 0 saturated carbocycles. The molecule has 7 heteroatoms. The van der Waals surface area contributed by atoms with Crippen molar-refractivity contribution in [3.8, 4) is 11.5 Å². The fourth-order valence-corrected chi connectivity index (χ4v) is 1.92. The van der Waals surface area contributed by atoms with E-state index in [-0.39, 0.29) is 11.9 Å². The minimum absolute atomic E-state index is 0.189. The number of para-hydroxylation sites is 1. The smallest absolute Gasteiger partial charge is 0.199 e. The Kier molecular flexibility index (Phi) is 2.53. The maximum Gasteiger partial charge on any atom is 0.199 e. The number of nitrogens with one attached hydrogen (secondary N) is 1. The normalized spacial score (nSPS) is 12.7. The topological polar surface area (TPSA) is 120 Å². The Bertz CT molecular complexity index is 744. The number of nitrogens with zero attached hydrogens (tertiary/aromatic N) is 3. The van der Waals surface area contributed by atoms with Crippen LogP contribution in [0.5, 0.6) is 0 Å². The van der Waals surface area contributed by atoms with Gasteiger partial charge < -0.3 is 16.5 Å². The van der Waals surface area contributed by atoms with E-state index in [1.54, 1.807) is 6.08 Å². The summed E-state index contributed by atoms with van der Waals surface area (Å²) in [6.07, 6.45) is 1.66. The van der Waals surface area contributed by atoms with Gasteiger partial charge in [0.25, 0.3) is 0 Å². The third-order valence-electron chi connectivity index (χ3n) is 2.90. The van der Waals surface area contributed by atoms with E-state index in [0.29, 0.717) is 11.5 Å². The number of H-pyrrole nitrogens is 1. The fraction of sp³-hybridized carbons (Fsp3) is 0.0833. The molecule has 0 aliphatic rings. The summed E-state index contributed by atoms with van der Waals surface area (Å²) in [5, 5.41) is 7.25.